The molecule has 1 N–H and O–H groups in total. The van der Waals surface area contributed by atoms with Gasteiger partial charge in [0.25, 0.3) is 5.56 Å². The number of nitrogens with zero attached hydrogens (tertiary/aromatic N) is 3. The molecule has 1 atom stereocenters. The first kappa shape index (κ1) is 13.4. The Bertz CT molecular complexity index is 822. The molecular weight excluding hydrogens is 270 g/mol. The van der Waals surface area contributed by atoms with Crippen molar-refractivity contribution < 1.29 is 9.84 Å². The van der Waals surface area contributed by atoms with E-state index >= 15 is 0 Å². The minimum absolute atomic E-state index is 0.154. The summed E-state index contributed by atoms with van der Waals surface area (Å²) in [7, 11) is 1.55. The third kappa shape index (κ3) is 2.41. The molecule has 6 heteroatoms. The average molecular weight is 285 g/mol. The number of para-hydroxylation sites is 1. The summed E-state index contributed by atoms with van der Waals surface area (Å²) in [5.74, 6) is 0.600. The zero-order valence-electron chi connectivity index (χ0n) is 11.5. The Morgan fingerprint density at radius 2 is 2.10 bits per heavy atom. The second-order valence-electron chi connectivity index (χ2n) is 4.67. The maximum Gasteiger partial charge on any atom is 0.276 e. The molecule has 0 aliphatic carbocycles. The number of ether oxygens (including phenoxy) is 1. The Balaban J connectivity index is 1.94. The zero-order chi connectivity index (χ0) is 14.8. The third-order valence-corrected chi connectivity index (χ3v) is 3.41. The highest BCUT2D eigenvalue weighted by molar-refractivity contribution is 5.42. The van der Waals surface area contributed by atoms with E-state index in [1.54, 1.807) is 43.9 Å². The van der Waals surface area contributed by atoms with E-state index in [4.69, 9.17) is 4.74 Å². The summed E-state index contributed by atoms with van der Waals surface area (Å²) < 4.78 is 8.21. The van der Waals surface area contributed by atoms with Crippen LogP contribution in [0.15, 0.2) is 53.7 Å². The molecule has 2 heterocycles. The SMILES string of the molecule is COc1ccccc1C(O)Cn1ccn2nccc2c1=O. The van der Waals surface area contributed by atoms with E-state index in [9.17, 15) is 9.90 Å². The molecule has 2 aromatic heterocycles. The predicted molar refractivity (Wildman–Crippen MR) is 77.4 cm³/mol. The maximum atomic E-state index is 12.3. The van der Waals surface area contributed by atoms with Crippen LogP contribution in [-0.4, -0.2) is 26.4 Å². The number of fused-ring (bicyclic) bond motifs is 1. The molecule has 21 heavy (non-hydrogen) atoms. The third-order valence-electron chi connectivity index (χ3n) is 3.41. The topological polar surface area (TPSA) is 68.8 Å². The van der Waals surface area contributed by atoms with Gasteiger partial charge in [0.15, 0.2) is 0 Å². The van der Waals surface area contributed by atoms with Gasteiger partial charge in [-0.2, -0.15) is 5.10 Å². The zero-order valence-corrected chi connectivity index (χ0v) is 11.5. The van der Waals surface area contributed by atoms with Crippen LogP contribution in [0, 0.1) is 0 Å². The molecule has 1 aromatic carbocycles. The fraction of sp³-hybridized carbons (Fsp3) is 0.200. The molecular formula is C15H15N3O3. The van der Waals surface area contributed by atoms with Crippen LogP contribution < -0.4 is 10.3 Å². The van der Waals surface area contributed by atoms with Crippen molar-refractivity contribution in [2.45, 2.75) is 12.6 Å². The average Bonchev–Trinajstić information content (AvgIpc) is 2.99. The summed E-state index contributed by atoms with van der Waals surface area (Å²) in [5.41, 5.74) is 0.939. The molecule has 3 rings (SSSR count). The van der Waals surface area contributed by atoms with E-state index < -0.39 is 6.10 Å². The minimum Gasteiger partial charge on any atom is -0.496 e. The molecule has 0 amide bonds. The van der Waals surface area contributed by atoms with Gasteiger partial charge in [0, 0.05) is 18.0 Å². The molecule has 3 aromatic rings. The van der Waals surface area contributed by atoms with E-state index in [2.05, 4.69) is 5.10 Å². The van der Waals surface area contributed by atoms with Gasteiger partial charge in [0.05, 0.1) is 19.9 Å². The van der Waals surface area contributed by atoms with E-state index in [1.165, 1.54) is 9.08 Å². The van der Waals surface area contributed by atoms with Gasteiger partial charge in [0.1, 0.15) is 17.4 Å². The molecule has 1 unspecified atom stereocenters. The Labute approximate surface area is 120 Å². The fourth-order valence-electron chi connectivity index (χ4n) is 2.33. The number of aliphatic hydroxyl groups is 1. The summed E-state index contributed by atoms with van der Waals surface area (Å²) in [6.07, 6.45) is 4.04. The summed E-state index contributed by atoms with van der Waals surface area (Å²) in [4.78, 5) is 12.3. The first-order valence-corrected chi connectivity index (χ1v) is 6.54. The summed E-state index contributed by atoms with van der Waals surface area (Å²) in [6, 6.07) is 8.87. The highest BCUT2D eigenvalue weighted by Crippen LogP contribution is 2.25. The first-order valence-electron chi connectivity index (χ1n) is 6.54. The Kier molecular flexibility index (Phi) is 3.45. The lowest BCUT2D eigenvalue weighted by Gasteiger charge is -2.16. The number of rotatable bonds is 4. The summed E-state index contributed by atoms with van der Waals surface area (Å²) >= 11 is 0. The smallest absolute Gasteiger partial charge is 0.276 e. The highest BCUT2D eigenvalue weighted by atomic mass is 16.5. The van der Waals surface area contributed by atoms with Crippen molar-refractivity contribution in [2.24, 2.45) is 0 Å². The van der Waals surface area contributed by atoms with E-state index in [1.807, 2.05) is 12.1 Å². The van der Waals surface area contributed by atoms with Gasteiger partial charge in [0.2, 0.25) is 0 Å². The number of benzene rings is 1. The molecule has 0 fully saturated rings. The maximum absolute atomic E-state index is 12.3. The van der Waals surface area contributed by atoms with Crippen LogP contribution in [-0.2, 0) is 6.54 Å². The van der Waals surface area contributed by atoms with Crippen molar-refractivity contribution in [1.82, 2.24) is 14.2 Å². The van der Waals surface area contributed by atoms with Gasteiger partial charge in [-0.1, -0.05) is 18.2 Å². The van der Waals surface area contributed by atoms with Gasteiger partial charge >= 0.3 is 0 Å². The first-order chi connectivity index (χ1) is 10.2. The van der Waals surface area contributed by atoms with Crippen molar-refractivity contribution in [2.75, 3.05) is 7.11 Å². The molecule has 0 radical (unpaired) electrons. The molecule has 0 saturated carbocycles. The van der Waals surface area contributed by atoms with Crippen molar-refractivity contribution in [3.63, 3.8) is 0 Å². The second kappa shape index (κ2) is 5.41. The van der Waals surface area contributed by atoms with Crippen LogP contribution in [0.4, 0.5) is 0 Å². The standard InChI is InChI=1S/C15H15N3O3/c1-21-14-5-3-2-4-11(14)13(19)10-17-8-9-18-12(15(17)20)6-7-16-18/h2-9,13,19H,10H2,1H3. The quantitative estimate of drug-likeness (QED) is 0.783. The lowest BCUT2D eigenvalue weighted by molar-refractivity contribution is 0.151. The van der Waals surface area contributed by atoms with Gasteiger partial charge in [-0.3, -0.25) is 4.79 Å². The Hall–Kier alpha value is -2.60. The van der Waals surface area contributed by atoms with Gasteiger partial charge < -0.3 is 14.4 Å². The van der Waals surface area contributed by atoms with Crippen LogP contribution >= 0.6 is 0 Å². The molecule has 6 nitrogen and oxygen atoms in total. The number of hydrogen-bond donors (Lipinski definition) is 1. The normalized spacial score (nSPS) is 12.5. The minimum atomic E-state index is -0.829. The van der Waals surface area contributed by atoms with E-state index in [0.717, 1.165) is 0 Å². The van der Waals surface area contributed by atoms with E-state index in [-0.39, 0.29) is 12.1 Å². The highest BCUT2D eigenvalue weighted by Gasteiger charge is 2.14. The van der Waals surface area contributed by atoms with Crippen LogP contribution in [0.2, 0.25) is 0 Å². The number of methoxy groups -OCH3 is 1. The summed E-state index contributed by atoms with van der Waals surface area (Å²) in [6.45, 7) is 0.154. The van der Waals surface area contributed by atoms with Gasteiger partial charge in [-0.05, 0) is 12.1 Å². The number of hydrogen-bond acceptors (Lipinski definition) is 4. The van der Waals surface area contributed by atoms with E-state index in [0.29, 0.717) is 16.8 Å². The molecule has 0 aliphatic rings. The number of aliphatic hydroxyl groups excluding tert-OH is 1. The second-order valence-corrected chi connectivity index (χ2v) is 4.67. The van der Waals surface area contributed by atoms with Crippen LogP contribution in [0.5, 0.6) is 5.75 Å². The van der Waals surface area contributed by atoms with Crippen molar-refractivity contribution in [3.8, 4) is 5.75 Å². The van der Waals surface area contributed by atoms with Crippen molar-refractivity contribution >= 4 is 5.52 Å². The molecule has 0 spiro atoms. The van der Waals surface area contributed by atoms with Crippen molar-refractivity contribution in [1.29, 1.82) is 0 Å². The van der Waals surface area contributed by atoms with Crippen LogP contribution in [0.3, 0.4) is 0 Å². The molecule has 0 aliphatic heterocycles. The Morgan fingerprint density at radius 3 is 2.90 bits per heavy atom. The monoisotopic (exact) mass is 285 g/mol. The van der Waals surface area contributed by atoms with Gasteiger partial charge in [-0.15, -0.1) is 0 Å². The fourth-order valence-corrected chi connectivity index (χ4v) is 2.33. The van der Waals surface area contributed by atoms with Crippen LogP contribution in [0.25, 0.3) is 5.52 Å². The molecule has 0 saturated heterocycles. The largest absolute Gasteiger partial charge is 0.496 e. The lowest BCUT2D eigenvalue weighted by Crippen LogP contribution is -2.24. The molecule has 0 bridgehead atoms. The lowest BCUT2D eigenvalue weighted by atomic mass is 10.1. The van der Waals surface area contributed by atoms with Crippen molar-refractivity contribution in [3.05, 3.63) is 64.8 Å². The molecule has 108 valence electrons. The predicted octanol–water partition coefficient (Wildman–Crippen LogP) is 1.24. The van der Waals surface area contributed by atoms with Gasteiger partial charge in [-0.25, -0.2) is 4.52 Å². The number of aromatic nitrogens is 3. The summed E-state index contributed by atoms with van der Waals surface area (Å²) in [5, 5.41) is 14.4. The Morgan fingerprint density at radius 1 is 1.29 bits per heavy atom. The van der Waals surface area contributed by atoms with Crippen LogP contribution in [0.1, 0.15) is 11.7 Å².